The third-order valence-corrected chi connectivity index (χ3v) is 2.21. The molecular formula is C12H25N. The first-order valence-electron chi connectivity index (χ1n) is 5.53. The highest BCUT2D eigenvalue weighted by atomic mass is 15.0. The van der Waals surface area contributed by atoms with Crippen LogP contribution in [-0.2, 0) is 0 Å². The Hall–Kier alpha value is -0.300. The first-order valence-corrected chi connectivity index (χ1v) is 5.53. The van der Waals surface area contributed by atoms with Gasteiger partial charge in [-0.25, -0.2) is 0 Å². The van der Waals surface area contributed by atoms with Crippen molar-refractivity contribution in [1.29, 1.82) is 0 Å². The lowest BCUT2D eigenvalue weighted by Crippen LogP contribution is -2.12. The molecule has 78 valence electrons. The van der Waals surface area contributed by atoms with Gasteiger partial charge in [-0.15, -0.1) is 0 Å². The van der Waals surface area contributed by atoms with E-state index in [1.165, 1.54) is 45.1 Å². The van der Waals surface area contributed by atoms with Crippen LogP contribution in [0.15, 0.2) is 12.2 Å². The van der Waals surface area contributed by atoms with Crippen molar-refractivity contribution < 1.29 is 0 Å². The molecule has 1 nitrogen and oxygen atoms in total. The molecule has 0 atom stereocenters. The normalized spacial score (nSPS) is 11.7. The molecule has 0 amide bonds. The number of unbranched alkanes of at least 4 members (excludes halogenated alkanes) is 5. The molecule has 0 rings (SSSR count). The zero-order valence-electron chi connectivity index (χ0n) is 9.55. The molecule has 0 aromatic carbocycles. The molecule has 0 heterocycles. The lowest BCUT2D eigenvalue weighted by Gasteiger charge is -2.08. The Balaban J connectivity index is 2.91. The number of rotatable bonds is 8. The Morgan fingerprint density at radius 1 is 0.923 bits per heavy atom. The zero-order valence-corrected chi connectivity index (χ0v) is 9.55. The number of allylic oxidation sites excluding steroid dienone is 2. The molecule has 0 spiro atoms. The van der Waals surface area contributed by atoms with E-state index in [1.54, 1.807) is 0 Å². The van der Waals surface area contributed by atoms with Crippen molar-refractivity contribution in [3.8, 4) is 0 Å². The second kappa shape index (κ2) is 9.79. The largest absolute Gasteiger partial charge is 0.309 e. The van der Waals surface area contributed by atoms with Crippen LogP contribution in [0.3, 0.4) is 0 Å². The molecule has 0 aliphatic rings. The minimum Gasteiger partial charge on any atom is -0.309 e. The van der Waals surface area contributed by atoms with E-state index in [0.717, 1.165) is 0 Å². The van der Waals surface area contributed by atoms with Crippen molar-refractivity contribution in [2.24, 2.45) is 0 Å². The highest BCUT2D eigenvalue weighted by molar-refractivity contribution is 4.76. The molecule has 0 saturated heterocycles. The van der Waals surface area contributed by atoms with E-state index >= 15 is 0 Å². The molecule has 0 saturated carbocycles. The Kier molecular flexibility index (Phi) is 9.56. The van der Waals surface area contributed by atoms with Crippen LogP contribution in [0.25, 0.3) is 0 Å². The molecule has 0 aromatic heterocycles. The van der Waals surface area contributed by atoms with Crippen molar-refractivity contribution in [2.75, 3.05) is 20.6 Å². The maximum absolute atomic E-state index is 2.26. The van der Waals surface area contributed by atoms with Crippen LogP contribution in [-0.4, -0.2) is 25.5 Å². The summed E-state index contributed by atoms with van der Waals surface area (Å²) in [5.41, 5.74) is 0. The highest BCUT2D eigenvalue weighted by Gasteiger charge is 1.91. The predicted octanol–water partition coefficient (Wildman–Crippen LogP) is 3.46. The van der Waals surface area contributed by atoms with Crippen molar-refractivity contribution in [1.82, 2.24) is 4.90 Å². The van der Waals surface area contributed by atoms with E-state index in [2.05, 4.69) is 38.1 Å². The second-order valence-corrected chi connectivity index (χ2v) is 3.93. The third kappa shape index (κ3) is 11.7. The standard InChI is InChI=1S/C12H25N/c1-4-5-6-7-8-9-10-11-12-13(2)3/h4-5H,6-12H2,1-3H3/b5-4+. The minimum absolute atomic E-state index is 1.24. The van der Waals surface area contributed by atoms with Crippen molar-refractivity contribution in [3.63, 3.8) is 0 Å². The second-order valence-electron chi connectivity index (χ2n) is 3.93. The van der Waals surface area contributed by atoms with E-state index < -0.39 is 0 Å². The van der Waals surface area contributed by atoms with Gasteiger partial charge < -0.3 is 4.90 Å². The summed E-state index contributed by atoms with van der Waals surface area (Å²) in [5, 5.41) is 0. The van der Waals surface area contributed by atoms with E-state index in [1.807, 2.05) is 0 Å². The van der Waals surface area contributed by atoms with Crippen molar-refractivity contribution >= 4 is 0 Å². The summed E-state index contributed by atoms with van der Waals surface area (Å²) in [4.78, 5) is 2.26. The van der Waals surface area contributed by atoms with Gasteiger partial charge in [-0.2, -0.15) is 0 Å². The van der Waals surface area contributed by atoms with Crippen molar-refractivity contribution in [3.05, 3.63) is 12.2 Å². The van der Waals surface area contributed by atoms with Gasteiger partial charge in [0.25, 0.3) is 0 Å². The van der Waals surface area contributed by atoms with Gasteiger partial charge in [0.2, 0.25) is 0 Å². The maximum Gasteiger partial charge on any atom is -0.00248 e. The molecule has 13 heavy (non-hydrogen) atoms. The quantitative estimate of drug-likeness (QED) is 0.411. The average Bonchev–Trinajstić information content (AvgIpc) is 2.09. The summed E-state index contributed by atoms with van der Waals surface area (Å²) in [6, 6.07) is 0. The van der Waals surface area contributed by atoms with Gasteiger partial charge in [0, 0.05) is 0 Å². The fourth-order valence-corrected chi connectivity index (χ4v) is 1.39. The number of hydrogen-bond donors (Lipinski definition) is 0. The van der Waals surface area contributed by atoms with Crippen LogP contribution in [0.1, 0.15) is 45.4 Å². The van der Waals surface area contributed by atoms with E-state index in [-0.39, 0.29) is 0 Å². The van der Waals surface area contributed by atoms with Crippen LogP contribution in [0.4, 0.5) is 0 Å². The lowest BCUT2D eigenvalue weighted by molar-refractivity contribution is 0.390. The Morgan fingerprint density at radius 2 is 1.54 bits per heavy atom. The fourth-order valence-electron chi connectivity index (χ4n) is 1.39. The van der Waals surface area contributed by atoms with Gasteiger partial charge >= 0.3 is 0 Å². The van der Waals surface area contributed by atoms with E-state index in [0.29, 0.717) is 0 Å². The number of hydrogen-bond acceptors (Lipinski definition) is 1. The van der Waals surface area contributed by atoms with Gasteiger partial charge in [-0.1, -0.05) is 31.4 Å². The smallest absolute Gasteiger partial charge is 0.00248 e. The Labute approximate surface area is 83.8 Å². The Morgan fingerprint density at radius 3 is 2.15 bits per heavy atom. The topological polar surface area (TPSA) is 3.24 Å². The zero-order chi connectivity index (χ0) is 9.94. The summed E-state index contributed by atoms with van der Waals surface area (Å²) in [6.45, 7) is 3.34. The molecule has 0 aliphatic heterocycles. The molecule has 0 aliphatic carbocycles. The molecule has 0 bridgehead atoms. The molecular weight excluding hydrogens is 158 g/mol. The highest BCUT2D eigenvalue weighted by Crippen LogP contribution is 2.05. The monoisotopic (exact) mass is 183 g/mol. The van der Waals surface area contributed by atoms with Crippen LogP contribution < -0.4 is 0 Å². The van der Waals surface area contributed by atoms with Gasteiger partial charge in [0.1, 0.15) is 0 Å². The molecule has 0 fully saturated rings. The Bertz CT molecular complexity index is 116. The maximum atomic E-state index is 2.26. The number of nitrogens with zero attached hydrogens (tertiary/aromatic N) is 1. The molecule has 0 radical (unpaired) electrons. The molecule has 0 aromatic rings. The molecule has 0 unspecified atom stereocenters. The van der Waals surface area contributed by atoms with Crippen molar-refractivity contribution in [2.45, 2.75) is 45.4 Å². The summed E-state index contributed by atoms with van der Waals surface area (Å²) >= 11 is 0. The van der Waals surface area contributed by atoms with E-state index in [9.17, 15) is 0 Å². The fraction of sp³-hybridized carbons (Fsp3) is 0.833. The first-order chi connectivity index (χ1) is 6.27. The minimum atomic E-state index is 1.24. The predicted molar refractivity (Wildman–Crippen MR) is 61.1 cm³/mol. The summed E-state index contributed by atoms with van der Waals surface area (Å²) in [5.74, 6) is 0. The summed E-state index contributed by atoms with van der Waals surface area (Å²) in [7, 11) is 4.29. The SMILES string of the molecule is C/C=C/CCCCCCCN(C)C. The van der Waals surface area contributed by atoms with Crippen LogP contribution in [0.5, 0.6) is 0 Å². The van der Waals surface area contributed by atoms with Gasteiger partial charge in [-0.3, -0.25) is 0 Å². The van der Waals surface area contributed by atoms with Crippen LogP contribution >= 0.6 is 0 Å². The van der Waals surface area contributed by atoms with E-state index in [4.69, 9.17) is 0 Å². The summed E-state index contributed by atoms with van der Waals surface area (Å²) < 4.78 is 0. The third-order valence-electron chi connectivity index (χ3n) is 2.21. The summed E-state index contributed by atoms with van der Waals surface area (Å²) in [6.07, 6.45) is 12.6. The van der Waals surface area contributed by atoms with Gasteiger partial charge in [0.15, 0.2) is 0 Å². The lowest BCUT2D eigenvalue weighted by atomic mass is 10.1. The molecule has 1 heteroatoms. The first kappa shape index (κ1) is 12.7. The van der Waals surface area contributed by atoms with Gasteiger partial charge in [0.05, 0.1) is 0 Å². The van der Waals surface area contributed by atoms with Crippen LogP contribution in [0.2, 0.25) is 0 Å². The van der Waals surface area contributed by atoms with Gasteiger partial charge in [-0.05, 0) is 46.8 Å². The molecule has 0 N–H and O–H groups in total. The average molecular weight is 183 g/mol. The van der Waals surface area contributed by atoms with Crippen LogP contribution in [0, 0.1) is 0 Å².